The Bertz CT molecular complexity index is 1210. The van der Waals surface area contributed by atoms with Gasteiger partial charge in [-0.05, 0) is 42.5 Å². The topological polar surface area (TPSA) is 161 Å². The molecular weight excluding hydrogens is 396 g/mol. The predicted octanol–water partition coefficient (Wildman–Crippen LogP) is 0.799. The standard InChI is InChI=1S/C16H12N2O7S2/c17-26(21,22)10-3-1-9(2-4-10)18-14-8-15(19)16(20)12-6-5-11(7-13(12)14)27(23,24)25/h1-8,18H,(H2,17,21,22)(H,23,24,25). The number of nitrogens with one attached hydrogen (secondary N) is 1. The summed E-state index contributed by atoms with van der Waals surface area (Å²) in [6.07, 6.45) is 0.992. The van der Waals surface area contributed by atoms with Gasteiger partial charge in [-0.3, -0.25) is 14.1 Å². The first kappa shape index (κ1) is 18.9. The van der Waals surface area contributed by atoms with E-state index in [0.717, 1.165) is 24.3 Å². The molecular formula is C16H12N2O7S2. The van der Waals surface area contributed by atoms with Crippen LogP contribution in [0.3, 0.4) is 0 Å². The Balaban J connectivity index is 2.05. The largest absolute Gasteiger partial charge is 0.355 e. The van der Waals surface area contributed by atoms with E-state index in [1.165, 1.54) is 24.3 Å². The fraction of sp³-hybridized carbons (Fsp3) is 0. The van der Waals surface area contributed by atoms with Crippen LogP contribution in [0, 0.1) is 0 Å². The summed E-state index contributed by atoms with van der Waals surface area (Å²) in [5.41, 5.74) is 0.547. The van der Waals surface area contributed by atoms with Gasteiger partial charge in [0.05, 0.1) is 15.5 Å². The number of anilines is 1. The minimum absolute atomic E-state index is 0.0291. The van der Waals surface area contributed by atoms with Crippen molar-refractivity contribution < 1.29 is 31.0 Å². The van der Waals surface area contributed by atoms with Crippen LogP contribution in [-0.4, -0.2) is 33.0 Å². The second-order valence-corrected chi connectivity index (χ2v) is 8.61. The van der Waals surface area contributed by atoms with Crippen molar-refractivity contribution in [3.63, 3.8) is 0 Å². The van der Waals surface area contributed by atoms with Crippen LogP contribution in [-0.2, 0) is 24.9 Å². The van der Waals surface area contributed by atoms with E-state index in [0.29, 0.717) is 5.69 Å². The van der Waals surface area contributed by atoms with Crippen molar-refractivity contribution in [2.45, 2.75) is 9.79 Å². The number of allylic oxidation sites excluding steroid dienone is 1. The lowest BCUT2D eigenvalue weighted by Gasteiger charge is -2.18. The number of rotatable bonds is 4. The van der Waals surface area contributed by atoms with E-state index in [2.05, 4.69) is 5.32 Å². The molecule has 3 rings (SSSR count). The molecule has 4 N–H and O–H groups in total. The molecule has 0 aromatic heterocycles. The molecule has 0 unspecified atom stereocenters. The van der Waals surface area contributed by atoms with Crippen LogP contribution in [0.15, 0.2) is 58.3 Å². The van der Waals surface area contributed by atoms with Gasteiger partial charge < -0.3 is 5.32 Å². The third kappa shape index (κ3) is 3.80. The maximum Gasteiger partial charge on any atom is 0.294 e. The number of Topliss-reactive ketones (excluding diaryl/α,β-unsaturated/α-hetero) is 1. The summed E-state index contributed by atoms with van der Waals surface area (Å²) in [6, 6.07) is 8.46. The van der Waals surface area contributed by atoms with Gasteiger partial charge in [-0.2, -0.15) is 8.42 Å². The molecule has 1 aliphatic carbocycles. The molecule has 0 heterocycles. The maximum absolute atomic E-state index is 12.0. The lowest BCUT2D eigenvalue weighted by atomic mass is 9.92. The van der Waals surface area contributed by atoms with E-state index in [-0.39, 0.29) is 21.7 Å². The van der Waals surface area contributed by atoms with Crippen molar-refractivity contribution >= 4 is 43.1 Å². The lowest BCUT2D eigenvalue weighted by Crippen LogP contribution is -2.21. The number of carbonyl (C=O) groups is 2. The van der Waals surface area contributed by atoms with Gasteiger partial charge in [0.15, 0.2) is 0 Å². The molecule has 0 fully saturated rings. The molecule has 11 heteroatoms. The quantitative estimate of drug-likeness (QED) is 0.494. The summed E-state index contributed by atoms with van der Waals surface area (Å²) in [5.74, 6) is -1.63. The maximum atomic E-state index is 12.0. The Morgan fingerprint density at radius 2 is 1.44 bits per heavy atom. The average molecular weight is 408 g/mol. The van der Waals surface area contributed by atoms with Crippen molar-refractivity contribution in [3.8, 4) is 0 Å². The van der Waals surface area contributed by atoms with E-state index in [9.17, 15) is 31.0 Å². The van der Waals surface area contributed by atoms with Crippen molar-refractivity contribution in [2.75, 3.05) is 5.32 Å². The smallest absolute Gasteiger partial charge is 0.294 e. The SMILES string of the molecule is NS(=O)(=O)c1ccc(NC2=CC(=O)C(=O)c3ccc(S(=O)(=O)O)cc32)cc1. The van der Waals surface area contributed by atoms with Crippen molar-refractivity contribution in [2.24, 2.45) is 5.14 Å². The van der Waals surface area contributed by atoms with Gasteiger partial charge in [0.25, 0.3) is 10.1 Å². The molecule has 9 nitrogen and oxygen atoms in total. The highest BCUT2D eigenvalue weighted by Gasteiger charge is 2.27. The van der Waals surface area contributed by atoms with E-state index in [4.69, 9.17) is 5.14 Å². The molecule has 0 saturated carbocycles. The normalized spacial score (nSPS) is 14.5. The third-order valence-corrected chi connectivity index (χ3v) is 5.56. The number of primary sulfonamides is 1. The second-order valence-electron chi connectivity index (χ2n) is 5.63. The Kier molecular flexibility index (Phi) is 4.48. The molecule has 0 aliphatic heterocycles. The van der Waals surface area contributed by atoms with Crippen LogP contribution in [0.1, 0.15) is 15.9 Å². The predicted molar refractivity (Wildman–Crippen MR) is 95.0 cm³/mol. The molecule has 27 heavy (non-hydrogen) atoms. The van der Waals surface area contributed by atoms with Crippen LogP contribution in [0.5, 0.6) is 0 Å². The van der Waals surface area contributed by atoms with Crippen molar-refractivity contribution in [1.29, 1.82) is 0 Å². The zero-order valence-electron chi connectivity index (χ0n) is 13.4. The minimum atomic E-state index is -4.52. The fourth-order valence-corrected chi connectivity index (χ4v) is 3.52. The first-order chi connectivity index (χ1) is 12.5. The minimum Gasteiger partial charge on any atom is -0.355 e. The highest BCUT2D eigenvalue weighted by atomic mass is 32.2. The van der Waals surface area contributed by atoms with Crippen LogP contribution in [0.2, 0.25) is 0 Å². The molecule has 0 radical (unpaired) electrons. The molecule has 0 bridgehead atoms. The van der Waals surface area contributed by atoms with Crippen LogP contribution >= 0.6 is 0 Å². The van der Waals surface area contributed by atoms with Crippen molar-refractivity contribution in [1.82, 2.24) is 0 Å². The summed E-state index contributed by atoms with van der Waals surface area (Å²) in [7, 11) is -8.39. The third-order valence-electron chi connectivity index (χ3n) is 3.78. The number of hydrogen-bond donors (Lipinski definition) is 3. The first-order valence-corrected chi connectivity index (χ1v) is 10.3. The summed E-state index contributed by atoms with van der Waals surface area (Å²) < 4.78 is 54.5. The summed E-state index contributed by atoms with van der Waals surface area (Å²) in [6.45, 7) is 0. The molecule has 1 aliphatic rings. The number of carbonyl (C=O) groups excluding carboxylic acids is 2. The number of hydrogen-bond acceptors (Lipinski definition) is 7. The molecule has 0 atom stereocenters. The number of fused-ring (bicyclic) bond motifs is 1. The van der Waals surface area contributed by atoms with Gasteiger partial charge in [-0.25, -0.2) is 13.6 Å². The zero-order chi connectivity index (χ0) is 20.0. The van der Waals surface area contributed by atoms with Crippen LogP contribution < -0.4 is 10.5 Å². The van der Waals surface area contributed by atoms with Gasteiger partial charge in [0.2, 0.25) is 21.6 Å². The highest BCUT2D eigenvalue weighted by molar-refractivity contribution is 7.89. The van der Waals surface area contributed by atoms with Crippen LogP contribution in [0.4, 0.5) is 5.69 Å². The van der Waals surface area contributed by atoms with E-state index >= 15 is 0 Å². The molecule has 0 saturated heterocycles. The monoisotopic (exact) mass is 408 g/mol. The lowest BCUT2D eigenvalue weighted by molar-refractivity contribution is -0.111. The molecule has 140 valence electrons. The van der Waals surface area contributed by atoms with Gasteiger partial charge in [0, 0.05) is 22.9 Å². The number of sulfonamides is 1. The average Bonchev–Trinajstić information content (AvgIpc) is 2.58. The summed E-state index contributed by atoms with van der Waals surface area (Å²) in [5, 5.41) is 7.84. The molecule has 0 spiro atoms. The van der Waals surface area contributed by atoms with Gasteiger partial charge in [0.1, 0.15) is 0 Å². The number of ketones is 2. The summed E-state index contributed by atoms with van der Waals surface area (Å²) >= 11 is 0. The van der Waals surface area contributed by atoms with E-state index in [1.807, 2.05) is 0 Å². The summed E-state index contributed by atoms with van der Waals surface area (Å²) in [4.78, 5) is 23.3. The number of benzene rings is 2. The van der Waals surface area contributed by atoms with Crippen molar-refractivity contribution in [3.05, 3.63) is 59.7 Å². The van der Waals surface area contributed by atoms with Gasteiger partial charge in [-0.15, -0.1) is 0 Å². The zero-order valence-corrected chi connectivity index (χ0v) is 15.0. The molecule has 2 aromatic rings. The Labute approximate surface area is 154 Å². The van der Waals surface area contributed by atoms with E-state index in [1.54, 1.807) is 0 Å². The van der Waals surface area contributed by atoms with Gasteiger partial charge >= 0.3 is 0 Å². The first-order valence-electron chi connectivity index (χ1n) is 7.29. The number of nitrogens with two attached hydrogens (primary N) is 1. The second kappa shape index (κ2) is 6.39. The Morgan fingerprint density at radius 1 is 0.852 bits per heavy atom. The Hall–Kier alpha value is -2.86. The van der Waals surface area contributed by atoms with Crippen LogP contribution in [0.25, 0.3) is 5.70 Å². The molecule has 0 amide bonds. The molecule has 2 aromatic carbocycles. The van der Waals surface area contributed by atoms with Gasteiger partial charge in [-0.1, -0.05) is 0 Å². The van der Waals surface area contributed by atoms with E-state index < -0.39 is 36.6 Å². The fourth-order valence-electron chi connectivity index (χ4n) is 2.50. The Morgan fingerprint density at radius 3 is 2.00 bits per heavy atom. The highest BCUT2D eigenvalue weighted by Crippen LogP contribution is 2.29.